The Hall–Kier alpha value is -2.14. The lowest BCUT2D eigenvalue weighted by Gasteiger charge is -2.33. The molecule has 1 saturated heterocycles. The van der Waals surface area contributed by atoms with Gasteiger partial charge in [-0.15, -0.1) is 0 Å². The number of aromatic amines is 1. The number of H-pyrrole nitrogens is 1. The van der Waals surface area contributed by atoms with E-state index in [9.17, 15) is 9.59 Å². The molecule has 1 aromatic carbocycles. The number of likely N-dealkylation sites (tertiary alicyclic amines) is 1. The van der Waals surface area contributed by atoms with Crippen LogP contribution in [0.25, 0.3) is 10.8 Å². The molecule has 0 bridgehead atoms. The van der Waals surface area contributed by atoms with Crippen LogP contribution in [0.5, 0.6) is 0 Å². The summed E-state index contributed by atoms with van der Waals surface area (Å²) in [7, 11) is 3.82. The number of pyridine rings is 1. The minimum Gasteiger partial charge on any atom is -0.341 e. The molecular weight excluding hydrogens is 314 g/mol. The first-order valence-corrected chi connectivity index (χ1v) is 8.92. The third-order valence-electron chi connectivity index (χ3n) is 4.97. The summed E-state index contributed by atoms with van der Waals surface area (Å²) in [6.45, 7) is 5.94. The van der Waals surface area contributed by atoms with E-state index >= 15 is 0 Å². The van der Waals surface area contributed by atoms with Crippen molar-refractivity contribution in [2.45, 2.75) is 32.6 Å². The number of nitrogens with zero attached hydrogens (tertiary/aromatic N) is 2. The fourth-order valence-electron chi connectivity index (χ4n) is 3.87. The van der Waals surface area contributed by atoms with Crippen LogP contribution in [0.4, 0.5) is 0 Å². The lowest BCUT2D eigenvalue weighted by Crippen LogP contribution is -2.43. The van der Waals surface area contributed by atoms with Gasteiger partial charge in [0, 0.05) is 30.1 Å². The van der Waals surface area contributed by atoms with Gasteiger partial charge in [0.25, 0.3) is 5.56 Å². The van der Waals surface area contributed by atoms with E-state index in [0.29, 0.717) is 13.1 Å². The summed E-state index contributed by atoms with van der Waals surface area (Å²) < 4.78 is 0. The SMILES string of the molecule is Cc1cc(C)c2c(=O)[nH]c(C3CCCN(C(=O)CN(C)C)C3)cc2c1. The number of aryl methyl sites for hydroxylation is 2. The fourth-order valence-corrected chi connectivity index (χ4v) is 3.87. The van der Waals surface area contributed by atoms with Crippen LogP contribution in [-0.4, -0.2) is 54.4 Å². The van der Waals surface area contributed by atoms with Crippen molar-refractivity contribution in [2.24, 2.45) is 0 Å². The van der Waals surface area contributed by atoms with Crippen molar-refractivity contribution in [3.8, 4) is 0 Å². The molecule has 134 valence electrons. The molecule has 1 amide bonds. The Bertz CT molecular complexity index is 854. The highest BCUT2D eigenvalue weighted by atomic mass is 16.2. The third-order valence-corrected chi connectivity index (χ3v) is 4.97. The molecule has 25 heavy (non-hydrogen) atoms. The Morgan fingerprint density at radius 1 is 1.28 bits per heavy atom. The molecular formula is C20H27N3O2. The molecule has 1 atom stereocenters. The zero-order valence-corrected chi connectivity index (χ0v) is 15.6. The standard InChI is InChI=1S/C20H27N3O2/c1-13-8-14(2)19-16(9-13)10-17(21-20(19)25)15-6-5-7-23(11-15)18(24)12-22(3)4/h8-10,15H,5-7,11-12H2,1-4H3,(H,21,25). The maximum atomic E-state index is 12.6. The van der Waals surface area contributed by atoms with E-state index in [1.54, 1.807) is 0 Å². The molecule has 2 aromatic rings. The maximum Gasteiger partial charge on any atom is 0.256 e. The number of hydrogen-bond donors (Lipinski definition) is 1. The van der Waals surface area contributed by atoms with Crippen molar-refractivity contribution in [2.75, 3.05) is 33.7 Å². The monoisotopic (exact) mass is 341 g/mol. The van der Waals surface area contributed by atoms with Crippen LogP contribution in [0.3, 0.4) is 0 Å². The molecule has 1 aliphatic rings. The Morgan fingerprint density at radius 2 is 2.04 bits per heavy atom. The molecule has 5 heteroatoms. The molecule has 0 aliphatic carbocycles. The molecule has 0 saturated carbocycles. The van der Waals surface area contributed by atoms with E-state index in [0.717, 1.165) is 47.0 Å². The lowest BCUT2D eigenvalue weighted by molar-refractivity contribution is -0.133. The molecule has 3 rings (SSSR count). The Labute approximate surface area is 148 Å². The van der Waals surface area contributed by atoms with Gasteiger partial charge in [-0.05, 0) is 57.8 Å². The summed E-state index contributed by atoms with van der Waals surface area (Å²) in [5, 5.41) is 1.76. The summed E-state index contributed by atoms with van der Waals surface area (Å²) in [5.74, 6) is 0.349. The number of likely N-dealkylation sites (N-methyl/N-ethyl adjacent to an activating group) is 1. The second kappa shape index (κ2) is 7.00. The van der Waals surface area contributed by atoms with Gasteiger partial charge < -0.3 is 14.8 Å². The van der Waals surface area contributed by atoms with E-state index in [2.05, 4.69) is 24.0 Å². The zero-order chi connectivity index (χ0) is 18.1. The number of benzene rings is 1. The van der Waals surface area contributed by atoms with Crippen LogP contribution in [-0.2, 0) is 4.79 Å². The van der Waals surface area contributed by atoms with Crippen LogP contribution < -0.4 is 5.56 Å². The van der Waals surface area contributed by atoms with E-state index in [1.807, 2.05) is 36.9 Å². The Balaban J connectivity index is 1.91. The number of piperidine rings is 1. The van der Waals surface area contributed by atoms with Crippen molar-refractivity contribution in [3.05, 3.63) is 45.4 Å². The van der Waals surface area contributed by atoms with Gasteiger partial charge in [-0.25, -0.2) is 0 Å². The minimum atomic E-state index is -0.0262. The number of carbonyl (C=O) groups is 1. The predicted octanol–water partition coefficient (Wildman–Crippen LogP) is 2.41. The predicted molar refractivity (Wildman–Crippen MR) is 101 cm³/mol. The van der Waals surface area contributed by atoms with Crippen molar-refractivity contribution >= 4 is 16.7 Å². The second-order valence-electron chi connectivity index (χ2n) is 7.52. The molecule has 2 heterocycles. The van der Waals surface area contributed by atoms with Gasteiger partial charge >= 0.3 is 0 Å². The molecule has 1 aliphatic heterocycles. The minimum absolute atomic E-state index is 0.0262. The summed E-state index contributed by atoms with van der Waals surface area (Å²) in [4.78, 5) is 31.9. The maximum absolute atomic E-state index is 12.6. The number of amides is 1. The topological polar surface area (TPSA) is 56.4 Å². The van der Waals surface area contributed by atoms with Gasteiger partial charge in [0.15, 0.2) is 0 Å². The van der Waals surface area contributed by atoms with Gasteiger partial charge in [-0.2, -0.15) is 0 Å². The van der Waals surface area contributed by atoms with Crippen LogP contribution in [0.2, 0.25) is 0 Å². The van der Waals surface area contributed by atoms with E-state index in [-0.39, 0.29) is 17.4 Å². The first-order valence-electron chi connectivity index (χ1n) is 8.92. The van der Waals surface area contributed by atoms with Crippen LogP contribution in [0.1, 0.15) is 35.6 Å². The van der Waals surface area contributed by atoms with Crippen molar-refractivity contribution in [1.82, 2.24) is 14.8 Å². The van der Waals surface area contributed by atoms with Gasteiger partial charge in [0.1, 0.15) is 0 Å². The number of aromatic nitrogens is 1. The Kier molecular flexibility index (Phi) is 4.95. The molecule has 1 fully saturated rings. The lowest BCUT2D eigenvalue weighted by atomic mass is 9.92. The number of hydrogen-bond acceptors (Lipinski definition) is 3. The first kappa shape index (κ1) is 17.7. The molecule has 1 unspecified atom stereocenters. The third kappa shape index (κ3) is 3.76. The molecule has 0 spiro atoms. The van der Waals surface area contributed by atoms with Crippen LogP contribution in [0.15, 0.2) is 23.0 Å². The quantitative estimate of drug-likeness (QED) is 0.933. The highest BCUT2D eigenvalue weighted by Crippen LogP contribution is 2.27. The summed E-state index contributed by atoms with van der Waals surface area (Å²) in [6.07, 6.45) is 1.97. The van der Waals surface area contributed by atoms with E-state index in [1.165, 1.54) is 0 Å². The molecule has 0 radical (unpaired) electrons. The van der Waals surface area contributed by atoms with Crippen LogP contribution >= 0.6 is 0 Å². The summed E-state index contributed by atoms with van der Waals surface area (Å²) in [6, 6.07) is 6.21. The molecule has 5 nitrogen and oxygen atoms in total. The average molecular weight is 341 g/mol. The first-order chi connectivity index (χ1) is 11.8. The van der Waals surface area contributed by atoms with Crippen molar-refractivity contribution < 1.29 is 4.79 Å². The smallest absolute Gasteiger partial charge is 0.256 e. The van der Waals surface area contributed by atoms with Gasteiger partial charge in [0.05, 0.1) is 6.54 Å². The highest BCUT2D eigenvalue weighted by Gasteiger charge is 2.26. The normalized spacial score (nSPS) is 18.1. The molecule has 1 N–H and O–H groups in total. The largest absolute Gasteiger partial charge is 0.341 e. The van der Waals surface area contributed by atoms with Crippen LogP contribution in [0, 0.1) is 13.8 Å². The number of nitrogens with one attached hydrogen (secondary N) is 1. The van der Waals surface area contributed by atoms with Gasteiger partial charge in [-0.3, -0.25) is 9.59 Å². The number of fused-ring (bicyclic) bond motifs is 1. The highest BCUT2D eigenvalue weighted by molar-refractivity contribution is 5.85. The van der Waals surface area contributed by atoms with Gasteiger partial charge in [-0.1, -0.05) is 17.7 Å². The number of carbonyl (C=O) groups excluding carboxylic acids is 1. The van der Waals surface area contributed by atoms with Crippen molar-refractivity contribution in [3.63, 3.8) is 0 Å². The Morgan fingerprint density at radius 3 is 2.76 bits per heavy atom. The summed E-state index contributed by atoms with van der Waals surface area (Å²) >= 11 is 0. The number of rotatable bonds is 3. The van der Waals surface area contributed by atoms with Gasteiger partial charge in [0.2, 0.25) is 5.91 Å². The van der Waals surface area contributed by atoms with Crippen molar-refractivity contribution in [1.29, 1.82) is 0 Å². The zero-order valence-electron chi connectivity index (χ0n) is 15.6. The average Bonchev–Trinajstić information content (AvgIpc) is 2.53. The molecule has 1 aromatic heterocycles. The second-order valence-corrected chi connectivity index (χ2v) is 7.52. The summed E-state index contributed by atoms with van der Waals surface area (Å²) in [5.41, 5.74) is 3.09. The van der Waals surface area contributed by atoms with E-state index in [4.69, 9.17) is 0 Å². The fraction of sp³-hybridized carbons (Fsp3) is 0.500. The van der Waals surface area contributed by atoms with E-state index < -0.39 is 0 Å².